The summed E-state index contributed by atoms with van der Waals surface area (Å²) in [5.74, 6) is -0.325. The Hall–Kier alpha value is -2.30. The second kappa shape index (κ2) is 6.92. The Morgan fingerprint density at radius 2 is 2.19 bits per heavy atom. The molecule has 1 N–H and O–H groups in total. The van der Waals surface area contributed by atoms with Gasteiger partial charge in [0.05, 0.1) is 13.3 Å². The molecule has 0 aliphatic rings. The maximum atomic E-state index is 12.1. The van der Waals surface area contributed by atoms with Crippen molar-refractivity contribution in [3.63, 3.8) is 0 Å². The summed E-state index contributed by atoms with van der Waals surface area (Å²) in [5, 5.41) is 7.52. The predicted molar refractivity (Wildman–Crippen MR) is 82.1 cm³/mol. The van der Waals surface area contributed by atoms with E-state index in [1.54, 1.807) is 6.20 Å². The number of rotatable bonds is 6. The number of aryl methyl sites for hydroxylation is 2. The lowest BCUT2D eigenvalue weighted by Gasteiger charge is -2.17. The van der Waals surface area contributed by atoms with Crippen LogP contribution < -0.4 is 5.32 Å². The summed E-state index contributed by atoms with van der Waals surface area (Å²) >= 11 is 0. The first-order chi connectivity index (χ1) is 10.2. The Morgan fingerprint density at radius 3 is 2.86 bits per heavy atom. The van der Waals surface area contributed by atoms with Crippen LogP contribution in [-0.4, -0.2) is 22.9 Å². The van der Waals surface area contributed by atoms with Gasteiger partial charge in [0.15, 0.2) is 6.04 Å². The molecule has 0 fully saturated rings. The van der Waals surface area contributed by atoms with Crippen LogP contribution in [0.5, 0.6) is 0 Å². The van der Waals surface area contributed by atoms with Gasteiger partial charge >= 0.3 is 5.97 Å². The Kier molecular flexibility index (Phi) is 4.98. The first-order valence-corrected chi connectivity index (χ1v) is 7.08. The lowest BCUT2D eigenvalue weighted by Crippen LogP contribution is -2.22. The van der Waals surface area contributed by atoms with Crippen molar-refractivity contribution < 1.29 is 9.53 Å². The zero-order valence-electron chi connectivity index (χ0n) is 12.7. The number of methoxy groups -OCH3 is 1. The fourth-order valence-electron chi connectivity index (χ4n) is 2.17. The van der Waals surface area contributed by atoms with E-state index >= 15 is 0 Å². The zero-order chi connectivity index (χ0) is 15.2. The number of carbonyl (C=O) groups excluding carboxylic acids is 1. The zero-order valence-corrected chi connectivity index (χ0v) is 12.7. The Morgan fingerprint density at radius 1 is 1.43 bits per heavy atom. The van der Waals surface area contributed by atoms with Gasteiger partial charge in [-0.25, -0.2) is 4.79 Å². The van der Waals surface area contributed by atoms with Crippen molar-refractivity contribution in [3.05, 3.63) is 47.8 Å². The maximum Gasteiger partial charge on any atom is 0.333 e. The topological polar surface area (TPSA) is 56.2 Å². The molecule has 1 heterocycles. The van der Waals surface area contributed by atoms with E-state index in [1.165, 1.54) is 7.11 Å². The molecule has 0 aliphatic heterocycles. The van der Waals surface area contributed by atoms with Crippen LogP contribution in [-0.2, 0) is 16.1 Å². The highest BCUT2D eigenvalue weighted by Gasteiger charge is 2.23. The highest BCUT2D eigenvalue weighted by Crippen LogP contribution is 2.23. The van der Waals surface area contributed by atoms with Crippen molar-refractivity contribution in [1.82, 2.24) is 9.78 Å². The minimum Gasteiger partial charge on any atom is -0.467 e. The number of ether oxygens (including phenoxy) is 1. The minimum atomic E-state index is -0.554. The van der Waals surface area contributed by atoms with Crippen molar-refractivity contribution in [2.75, 3.05) is 12.4 Å². The second-order valence-corrected chi connectivity index (χ2v) is 4.95. The summed E-state index contributed by atoms with van der Waals surface area (Å²) in [6.07, 6.45) is 4.59. The molecule has 0 saturated heterocycles. The first kappa shape index (κ1) is 15.1. The van der Waals surface area contributed by atoms with Gasteiger partial charge in [-0.2, -0.15) is 5.10 Å². The van der Waals surface area contributed by atoms with Crippen LogP contribution in [0.1, 0.15) is 30.5 Å². The number of para-hydroxylation sites is 1. The number of hydrogen-bond donors (Lipinski definition) is 1. The average Bonchev–Trinajstić information content (AvgIpc) is 2.94. The van der Waals surface area contributed by atoms with Crippen molar-refractivity contribution in [3.8, 4) is 0 Å². The number of nitrogens with one attached hydrogen (secondary N) is 1. The van der Waals surface area contributed by atoms with Crippen LogP contribution in [0.4, 0.5) is 5.69 Å². The molecule has 5 nitrogen and oxygen atoms in total. The highest BCUT2D eigenvalue weighted by molar-refractivity contribution is 5.81. The molecule has 5 heteroatoms. The molecule has 0 radical (unpaired) electrons. The molecule has 2 rings (SSSR count). The summed E-state index contributed by atoms with van der Waals surface area (Å²) in [5.41, 5.74) is 2.79. The predicted octanol–water partition coefficient (Wildman–Crippen LogP) is 2.93. The van der Waals surface area contributed by atoms with Gasteiger partial charge in [-0.05, 0) is 25.0 Å². The Balaban J connectivity index is 2.26. The summed E-state index contributed by atoms with van der Waals surface area (Å²) in [7, 11) is 1.39. The van der Waals surface area contributed by atoms with E-state index in [4.69, 9.17) is 4.74 Å². The van der Waals surface area contributed by atoms with Gasteiger partial charge in [-0.15, -0.1) is 0 Å². The number of nitrogens with zero attached hydrogens (tertiary/aromatic N) is 2. The summed E-state index contributed by atoms with van der Waals surface area (Å²) < 4.78 is 6.75. The van der Waals surface area contributed by atoms with Gasteiger partial charge in [-0.3, -0.25) is 4.68 Å². The van der Waals surface area contributed by atoms with Crippen LogP contribution in [0.3, 0.4) is 0 Å². The van der Waals surface area contributed by atoms with Crippen LogP contribution in [0.2, 0.25) is 0 Å². The van der Waals surface area contributed by atoms with Gasteiger partial charge in [0.2, 0.25) is 0 Å². The Bertz CT molecular complexity index is 607. The number of esters is 1. The SMILES string of the molecule is CCCn1cc(C(Nc2ccccc2C)C(=O)OC)cn1. The maximum absolute atomic E-state index is 12.1. The van der Waals surface area contributed by atoms with E-state index in [-0.39, 0.29) is 5.97 Å². The summed E-state index contributed by atoms with van der Waals surface area (Å²) in [4.78, 5) is 12.1. The molecule has 0 aliphatic carbocycles. The van der Waals surface area contributed by atoms with Gasteiger partial charge < -0.3 is 10.1 Å². The molecule has 1 unspecified atom stereocenters. The van der Waals surface area contributed by atoms with Crippen molar-refractivity contribution >= 4 is 11.7 Å². The van der Waals surface area contributed by atoms with Crippen LogP contribution in [0.15, 0.2) is 36.7 Å². The van der Waals surface area contributed by atoms with E-state index in [1.807, 2.05) is 42.1 Å². The third-order valence-electron chi connectivity index (χ3n) is 3.32. The monoisotopic (exact) mass is 287 g/mol. The number of aromatic nitrogens is 2. The van der Waals surface area contributed by atoms with Crippen molar-refractivity contribution in [1.29, 1.82) is 0 Å². The molecule has 0 spiro atoms. The van der Waals surface area contributed by atoms with Crippen LogP contribution in [0.25, 0.3) is 0 Å². The molecule has 0 amide bonds. The van der Waals surface area contributed by atoms with Crippen LogP contribution >= 0.6 is 0 Å². The molecule has 0 saturated carbocycles. The van der Waals surface area contributed by atoms with E-state index in [0.717, 1.165) is 29.8 Å². The molecular weight excluding hydrogens is 266 g/mol. The number of hydrogen-bond acceptors (Lipinski definition) is 4. The minimum absolute atomic E-state index is 0.325. The molecule has 112 valence electrons. The molecular formula is C16H21N3O2. The Labute approximate surface area is 124 Å². The fourth-order valence-corrected chi connectivity index (χ4v) is 2.17. The third-order valence-corrected chi connectivity index (χ3v) is 3.32. The molecule has 2 aromatic rings. The molecule has 21 heavy (non-hydrogen) atoms. The second-order valence-electron chi connectivity index (χ2n) is 4.95. The molecule has 1 atom stereocenters. The van der Waals surface area contributed by atoms with Gasteiger partial charge in [0.25, 0.3) is 0 Å². The largest absolute Gasteiger partial charge is 0.467 e. The van der Waals surface area contributed by atoms with Gasteiger partial charge in [0.1, 0.15) is 0 Å². The van der Waals surface area contributed by atoms with E-state index in [0.29, 0.717) is 0 Å². The molecule has 1 aromatic heterocycles. The summed E-state index contributed by atoms with van der Waals surface area (Å²) in [6.45, 7) is 4.92. The third kappa shape index (κ3) is 3.62. The normalized spacial score (nSPS) is 12.0. The van der Waals surface area contributed by atoms with Gasteiger partial charge in [-0.1, -0.05) is 25.1 Å². The van der Waals surface area contributed by atoms with E-state index in [2.05, 4.69) is 17.3 Å². The lowest BCUT2D eigenvalue weighted by atomic mass is 10.1. The quantitative estimate of drug-likeness (QED) is 0.830. The van der Waals surface area contributed by atoms with Crippen molar-refractivity contribution in [2.24, 2.45) is 0 Å². The number of carbonyl (C=O) groups is 1. The van der Waals surface area contributed by atoms with Crippen molar-refractivity contribution in [2.45, 2.75) is 32.9 Å². The number of anilines is 1. The smallest absolute Gasteiger partial charge is 0.333 e. The standard InChI is InChI=1S/C16H21N3O2/c1-4-9-19-11-13(10-17-19)15(16(20)21-3)18-14-8-6-5-7-12(14)2/h5-8,10-11,15,18H,4,9H2,1-3H3. The highest BCUT2D eigenvalue weighted by atomic mass is 16.5. The molecule has 1 aromatic carbocycles. The summed E-state index contributed by atoms with van der Waals surface area (Å²) in [6, 6.07) is 7.29. The van der Waals surface area contributed by atoms with E-state index < -0.39 is 6.04 Å². The van der Waals surface area contributed by atoms with E-state index in [9.17, 15) is 4.79 Å². The van der Waals surface area contributed by atoms with Gasteiger partial charge in [0, 0.05) is 24.0 Å². The van der Waals surface area contributed by atoms with Crippen LogP contribution in [0, 0.1) is 6.92 Å². The number of benzene rings is 1. The molecule has 0 bridgehead atoms. The average molecular weight is 287 g/mol. The fraction of sp³-hybridized carbons (Fsp3) is 0.375. The lowest BCUT2D eigenvalue weighted by molar-refractivity contribution is -0.141. The first-order valence-electron chi connectivity index (χ1n) is 7.08.